The molecule has 0 aliphatic carbocycles. The summed E-state index contributed by atoms with van der Waals surface area (Å²) in [5.74, 6) is -3.07. The molecule has 100 valence electrons. The number of hydrogen-bond acceptors (Lipinski definition) is 3. The van der Waals surface area contributed by atoms with E-state index in [2.05, 4.69) is 0 Å². The fraction of sp³-hybridized carbons (Fsp3) is 0. The molecule has 0 amide bonds. The van der Waals surface area contributed by atoms with E-state index in [1.165, 1.54) is 12.1 Å². The first-order valence-corrected chi connectivity index (χ1v) is 6.49. The van der Waals surface area contributed by atoms with Crippen molar-refractivity contribution in [3.63, 3.8) is 0 Å². The summed E-state index contributed by atoms with van der Waals surface area (Å²) < 4.78 is 26.6. The number of benzene rings is 2. The Kier molecular flexibility index (Phi) is 4.08. The lowest BCUT2D eigenvalue weighted by Crippen LogP contribution is -1.84. The third-order valence-corrected chi connectivity index (χ3v) is 3.70. The Labute approximate surface area is 121 Å². The van der Waals surface area contributed by atoms with Crippen LogP contribution < -0.4 is 0 Å². The summed E-state index contributed by atoms with van der Waals surface area (Å²) in [4.78, 5) is 0.0870. The van der Waals surface area contributed by atoms with Gasteiger partial charge in [-0.3, -0.25) is 0 Å². The van der Waals surface area contributed by atoms with E-state index in [4.69, 9.17) is 23.2 Å². The molecule has 0 aliphatic rings. The quantitative estimate of drug-likeness (QED) is 0.831. The third-order valence-electron chi connectivity index (χ3n) is 2.21. The minimum Gasteiger partial charge on any atom is -0.504 e. The molecule has 2 aromatic carbocycles. The van der Waals surface area contributed by atoms with Gasteiger partial charge in [-0.2, -0.15) is 0 Å². The van der Waals surface area contributed by atoms with Gasteiger partial charge in [0.2, 0.25) is 0 Å². The van der Waals surface area contributed by atoms with E-state index in [1.807, 2.05) is 0 Å². The normalized spacial score (nSPS) is 10.7. The van der Waals surface area contributed by atoms with E-state index in [0.29, 0.717) is 0 Å². The largest absolute Gasteiger partial charge is 0.504 e. The van der Waals surface area contributed by atoms with Crippen LogP contribution in [0.1, 0.15) is 0 Å². The molecule has 0 saturated heterocycles. The number of halogens is 4. The highest BCUT2D eigenvalue weighted by molar-refractivity contribution is 7.99. The maximum absolute atomic E-state index is 13.3. The highest BCUT2D eigenvalue weighted by atomic mass is 35.5. The van der Waals surface area contributed by atoms with Gasteiger partial charge in [-0.1, -0.05) is 35.0 Å². The average Bonchev–Trinajstić information content (AvgIpc) is 2.31. The van der Waals surface area contributed by atoms with Gasteiger partial charge in [0.05, 0.1) is 9.79 Å². The summed E-state index contributed by atoms with van der Waals surface area (Å²) in [7, 11) is 0. The fourth-order valence-electron chi connectivity index (χ4n) is 1.36. The van der Waals surface area contributed by atoms with Crippen molar-refractivity contribution in [2.45, 2.75) is 9.79 Å². The maximum Gasteiger partial charge on any atom is 0.167 e. The molecule has 0 heterocycles. The van der Waals surface area contributed by atoms with E-state index in [9.17, 15) is 19.0 Å². The van der Waals surface area contributed by atoms with E-state index in [0.717, 1.165) is 23.9 Å². The Morgan fingerprint density at radius 2 is 1.16 bits per heavy atom. The van der Waals surface area contributed by atoms with Crippen molar-refractivity contribution in [2.75, 3.05) is 0 Å². The molecule has 0 fully saturated rings. The zero-order valence-corrected chi connectivity index (χ0v) is 11.5. The molecular weight excluding hydrogens is 317 g/mol. The van der Waals surface area contributed by atoms with Gasteiger partial charge in [0.1, 0.15) is 0 Å². The van der Waals surface area contributed by atoms with Gasteiger partial charge < -0.3 is 10.2 Å². The van der Waals surface area contributed by atoms with Crippen LogP contribution in [-0.2, 0) is 0 Å². The Hall–Kier alpha value is -1.17. The molecule has 2 aromatic rings. The standard InChI is InChI=1S/C12H6Cl2F2O2S/c13-5-1-7(15)11(17)9(3-5)19-10-4-6(14)2-8(16)12(10)18/h1-4,17-18H. The maximum atomic E-state index is 13.3. The molecule has 0 aliphatic heterocycles. The van der Waals surface area contributed by atoms with Gasteiger partial charge in [-0.05, 0) is 24.3 Å². The summed E-state index contributed by atoms with van der Waals surface area (Å²) in [5.41, 5.74) is 0. The molecule has 7 heteroatoms. The first kappa shape index (κ1) is 14.2. The molecular formula is C12H6Cl2F2O2S. The van der Waals surface area contributed by atoms with Crippen molar-refractivity contribution < 1.29 is 19.0 Å². The Bertz CT molecular complexity index is 595. The number of rotatable bonds is 2. The van der Waals surface area contributed by atoms with Crippen molar-refractivity contribution in [3.8, 4) is 11.5 Å². The summed E-state index contributed by atoms with van der Waals surface area (Å²) in [5, 5.41) is 19.2. The van der Waals surface area contributed by atoms with Gasteiger partial charge >= 0.3 is 0 Å². The summed E-state index contributed by atoms with van der Waals surface area (Å²) >= 11 is 12.1. The van der Waals surface area contributed by atoms with Gasteiger partial charge in [0.25, 0.3) is 0 Å². The van der Waals surface area contributed by atoms with Crippen LogP contribution in [0.5, 0.6) is 11.5 Å². The molecule has 19 heavy (non-hydrogen) atoms. The lowest BCUT2D eigenvalue weighted by atomic mass is 10.3. The summed E-state index contributed by atoms with van der Waals surface area (Å²) in [6, 6.07) is 4.48. The zero-order valence-electron chi connectivity index (χ0n) is 9.12. The van der Waals surface area contributed by atoms with E-state index in [1.54, 1.807) is 0 Å². The van der Waals surface area contributed by atoms with Crippen molar-refractivity contribution in [2.24, 2.45) is 0 Å². The van der Waals surface area contributed by atoms with E-state index in [-0.39, 0.29) is 19.8 Å². The monoisotopic (exact) mass is 322 g/mol. The molecule has 0 aromatic heterocycles. The molecule has 0 saturated carbocycles. The Balaban J connectivity index is 2.47. The van der Waals surface area contributed by atoms with E-state index >= 15 is 0 Å². The molecule has 0 bridgehead atoms. The lowest BCUT2D eigenvalue weighted by Gasteiger charge is -2.08. The van der Waals surface area contributed by atoms with Gasteiger partial charge in [-0.25, -0.2) is 8.78 Å². The highest BCUT2D eigenvalue weighted by Gasteiger charge is 2.15. The molecule has 2 N–H and O–H groups in total. The number of hydrogen-bond donors (Lipinski definition) is 2. The number of phenols is 2. The van der Waals surface area contributed by atoms with Crippen molar-refractivity contribution in [3.05, 3.63) is 45.9 Å². The molecule has 2 rings (SSSR count). The van der Waals surface area contributed by atoms with Crippen molar-refractivity contribution in [1.82, 2.24) is 0 Å². The van der Waals surface area contributed by atoms with Crippen LogP contribution in [0.15, 0.2) is 34.1 Å². The van der Waals surface area contributed by atoms with Gasteiger partial charge in [0, 0.05) is 10.0 Å². The van der Waals surface area contributed by atoms with Crippen LogP contribution in [0.4, 0.5) is 8.78 Å². The van der Waals surface area contributed by atoms with Crippen LogP contribution in [0.2, 0.25) is 10.0 Å². The van der Waals surface area contributed by atoms with Crippen molar-refractivity contribution >= 4 is 35.0 Å². The third kappa shape index (κ3) is 3.05. The van der Waals surface area contributed by atoms with Crippen LogP contribution in [0.25, 0.3) is 0 Å². The average molecular weight is 323 g/mol. The van der Waals surface area contributed by atoms with Crippen LogP contribution in [0.3, 0.4) is 0 Å². The van der Waals surface area contributed by atoms with E-state index < -0.39 is 23.1 Å². The second kappa shape index (κ2) is 5.45. The second-order valence-electron chi connectivity index (χ2n) is 3.57. The smallest absolute Gasteiger partial charge is 0.167 e. The van der Waals surface area contributed by atoms with Gasteiger partial charge in [-0.15, -0.1) is 0 Å². The summed E-state index contributed by atoms with van der Waals surface area (Å²) in [6.07, 6.45) is 0. The van der Waals surface area contributed by atoms with Gasteiger partial charge in [0.15, 0.2) is 23.1 Å². The lowest BCUT2D eigenvalue weighted by molar-refractivity contribution is 0.417. The van der Waals surface area contributed by atoms with Crippen LogP contribution in [0, 0.1) is 11.6 Å². The molecule has 2 nitrogen and oxygen atoms in total. The molecule has 0 atom stereocenters. The minimum absolute atomic E-state index is 0.0435. The zero-order chi connectivity index (χ0) is 14.2. The topological polar surface area (TPSA) is 40.5 Å². The SMILES string of the molecule is Oc1c(F)cc(Cl)cc1Sc1cc(Cl)cc(F)c1O. The van der Waals surface area contributed by atoms with Crippen LogP contribution in [-0.4, -0.2) is 10.2 Å². The second-order valence-corrected chi connectivity index (χ2v) is 5.53. The summed E-state index contributed by atoms with van der Waals surface area (Å²) in [6.45, 7) is 0. The Morgan fingerprint density at radius 3 is 1.53 bits per heavy atom. The molecule has 0 unspecified atom stereocenters. The minimum atomic E-state index is -0.906. The van der Waals surface area contributed by atoms with Crippen molar-refractivity contribution in [1.29, 1.82) is 0 Å². The first-order chi connectivity index (χ1) is 8.88. The Morgan fingerprint density at radius 1 is 0.789 bits per heavy atom. The predicted molar refractivity (Wildman–Crippen MR) is 70.3 cm³/mol. The number of phenolic OH excluding ortho intramolecular Hbond substituents is 2. The highest BCUT2D eigenvalue weighted by Crippen LogP contribution is 2.42. The molecule has 0 radical (unpaired) electrons. The molecule has 0 spiro atoms. The first-order valence-electron chi connectivity index (χ1n) is 4.92. The fourth-order valence-corrected chi connectivity index (χ4v) is 2.90. The predicted octanol–water partition coefficient (Wildman–Crippen LogP) is 4.83. The number of aromatic hydroxyl groups is 2. The van der Waals surface area contributed by atoms with Crippen LogP contribution >= 0.6 is 35.0 Å².